The Morgan fingerprint density at radius 3 is 2.65 bits per heavy atom. The van der Waals surface area contributed by atoms with Crippen LogP contribution in [-0.4, -0.2) is 54.0 Å². The Morgan fingerprint density at radius 2 is 1.97 bits per heavy atom. The number of pyridine rings is 1. The van der Waals surface area contributed by atoms with Crippen LogP contribution in [0.3, 0.4) is 0 Å². The highest BCUT2D eigenvalue weighted by molar-refractivity contribution is 5.75. The Hall–Kier alpha value is -3.41. The molecule has 0 radical (unpaired) electrons. The van der Waals surface area contributed by atoms with Gasteiger partial charge in [-0.3, -0.25) is 4.99 Å². The molecule has 2 N–H and O–H groups in total. The number of nitrogens with one attached hydrogen (secondary N) is 2. The average molecular weight is 432 g/mol. The maximum Gasteiger partial charge on any atom is 0.417 e. The quantitative estimate of drug-likeness (QED) is 0.695. The molecule has 1 fully saturated rings. The van der Waals surface area contributed by atoms with Gasteiger partial charge in [0.05, 0.1) is 24.5 Å². The van der Waals surface area contributed by atoms with Crippen LogP contribution in [0.5, 0.6) is 0 Å². The summed E-state index contributed by atoms with van der Waals surface area (Å²) in [4.78, 5) is 18.7. The molecule has 0 saturated carbocycles. The van der Waals surface area contributed by atoms with Gasteiger partial charge < -0.3 is 15.0 Å². The van der Waals surface area contributed by atoms with Crippen molar-refractivity contribution in [2.75, 3.05) is 43.1 Å². The minimum atomic E-state index is -4.67. The molecule has 0 spiro atoms. The van der Waals surface area contributed by atoms with Crippen molar-refractivity contribution in [3.8, 4) is 11.3 Å². The molecule has 2 aromatic heterocycles. The molecule has 1 saturated heterocycles. The highest BCUT2D eigenvalue weighted by Gasteiger charge is 2.35. The molecule has 0 aliphatic carbocycles. The van der Waals surface area contributed by atoms with Gasteiger partial charge in [0.1, 0.15) is 5.82 Å². The van der Waals surface area contributed by atoms with E-state index in [1.807, 2.05) is 4.90 Å². The van der Waals surface area contributed by atoms with Crippen molar-refractivity contribution < 1.29 is 17.9 Å². The van der Waals surface area contributed by atoms with Crippen molar-refractivity contribution in [1.29, 1.82) is 5.53 Å². The standard InChI is InChI=1S/C19H19F3N8O/c20-19(21,22)14-9-16(29-23)25-11-13(14)15-10-17(26-12-1-3-24-4-2-12)28-18(27-15)30-5-7-31-8-6-30/h1,3,9-11,23H,2,4-8H2,(H,26,27,28). The van der Waals surface area contributed by atoms with Gasteiger partial charge in [-0.05, 0) is 12.1 Å². The van der Waals surface area contributed by atoms with Crippen LogP contribution in [0.2, 0.25) is 0 Å². The third-order valence-electron chi connectivity index (χ3n) is 4.77. The summed E-state index contributed by atoms with van der Waals surface area (Å²) < 4.78 is 46.6. The highest BCUT2D eigenvalue weighted by Crippen LogP contribution is 2.38. The van der Waals surface area contributed by atoms with E-state index < -0.39 is 11.7 Å². The fourth-order valence-electron chi connectivity index (χ4n) is 3.24. The zero-order valence-corrected chi connectivity index (χ0v) is 16.4. The number of halogens is 3. The number of hydrogen-bond acceptors (Lipinski definition) is 9. The highest BCUT2D eigenvalue weighted by atomic mass is 19.4. The molecule has 2 aliphatic rings. The van der Waals surface area contributed by atoms with Crippen LogP contribution >= 0.6 is 0 Å². The number of aliphatic imine (C=N–C) groups is 1. The van der Waals surface area contributed by atoms with Crippen molar-refractivity contribution in [3.05, 3.63) is 35.7 Å². The van der Waals surface area contributed by atoms with Crippen LogP contribution < -0.4 is 10.2 Å². The fraction of sp³-hybridized carbons (Fsp3) is 0.368. The third-order valence-corrected chi connectivity index (χ3v) is 4.77. The van der Waals surface area contributed by atoms with Crippen molar-refractivity contribution in [1.82, 2.24) is 15.0 Å². The average Bonchev–Trinajstić information content (AvgIpc) is 2.79. The van der Waals surface area contributed by atoms with Crippen LogP contribution in [0.4, 0.5) is 30.8 Å². The summed E-state index contributed by atoms with van der Waals surface area (Å²) in [5.74, 6) is 0.342. The van der Waals surface area contributed by atoms with Crippen molar-refractivity contribution in [3.63, 3.8) is 0 Å². The molecule has 9 nitrogen and oxygen atoms in total. The van der Waals surface area contributed by atoms with Crippen molar-refractivity contribution in [2.24, 2.45) is 10.1 Å². The zero-order chi connectivity index (χ0) is 21.8. The van der Waals surface area contributed by atoms with Gasteiger partial charge in [0.2, 0.25) is 5.95 Å². The normalized spacial score (nSPS) is 16.7. The predicted molar refractivity (Wildman–Crippen MR) is 108 cm³/mol. The fourth-order valence-corrected chi connectivity index (χ4v) is 3.24. The molecule has 0 bridgehead atoms. The van der Waals surface area contributed by atoms with Gasteiger partial charge >= 0.3 is 6.18 Å². The lowest BCUT2D eigenvalue weighted by Crippen LogP contribution is -2.37. The molecule has 4 rings (SSSR count). The first-order chi connectivity index (χ1) is 14.9. The molecular formula is C19H19F3N8O. The Balaban J connectivity index is 1.81. The lowest BCUT2D eigenvalue weighted by atomic mass is 10.1. The number of nitrogens with zero attached hydrogens (tertiary/aromatic N) is 6. The molecule has 162 valence electrons. The largest absolute Gasteiger partial charge is 0.417 e. The molecule has 2 aliphatic heterocycles. The molecule has 0 aromatic carbocycles. The van der Waals surface area contributed by atoms with E-state index >= 15 is 0 Å². The summed E-state index contributed by atoms with van der Waals surface area (Å²) in [5.41, 5.74) is 6.74. The van der Waals surface area contributed by atoms with Gasteiger partial charge in [-0.25, -0.2) is 15.5 Å². The maximum atomic E-state index is 13.7. The number of dihydropyridines is 1. The van der Waals surface area contributed by atoms with Crippen LogP contribution in [0, 0.1) is 5.53 Å². The van der Waals surface area contributed by atoms with Crippen LogP contribution in [0.25, 0.3) is 11.3 Å². The molecule has 0 amide bonds. The van der Waals surface area contributed by atoms with Crippen molar-refractivity contribution in [2.45, 2.75) is 12.6 Å². The van der Waals surface area contributed by atoms with E-state index in [9.17, 15) is 13.2 Å². The summed E-state index contributed by atoms with van der Waals surface area (Å²) >= 11 is 0. The number of rotatable bonds is 5. The SMILES string of the molecule is N=Nc1cc(C(F)(F)F)c(-c2cc(NC3=CC=NCC3)nc(N3CCOCC3)n2)cn1. The van der Waals surface area contributed by atoms with Gasteiger partial charge in [-0.1, -0.05) is 0 Å². The van der Waals surface area contributed by atoms with E-state index in [0.29, 0.717) is 51.0 Å². The van der Waals surface area contributed by atoms with Crippen LogP contribution in [-0.2, 0) is 10.9 Å². The first kappa shape index (κ1) is 20.8. The minimum absolute atomic E-state index is 0.0698. The molecular weight excluding hydrogens is 413 g/mol. The first-order valence-corrected chi connectivity index (χ1v) is 9.57. The molecule has 2 aromatic rings. The molecule has 12 heteroatoms. The van der Waals surface area contributed by atoms with Crippen LogP contribution in [0.15, 0.2) is 40.2 Å². The van der Waals surface area contributed by atoms with E-state index in [2.05, 4.69) is 30.4 Å². The second kappa shape index (κ2) is 8.76. The summed E-state index contributed by atoms with van der Waals surface area (Å²) in [5, 5.41) is 6.18. The second-order valence-corrected chi connectivity index (χ2v) is 6.86. The number of allylic oxidation sites excluding steroid dienone is 1. The molecule has 0 atom stereocenters. The number of morpholine rings is 1. The first-order valence-electron chi connectivity index (χ1n) is 9.57. The second-order valence-electron chi connectivity index (χ2n) is 6.86. The number of ether oxygens (including phenoxy) is 1. The Morgan fingerprint density at radius 1 is 1.16 bits per heavy atom. The van der Waals surface area contributed by atoms with E-state index in [1.165, 1.54) is 6.07 Å². The lowest BCUT2D eigenvalue weighted by Gasteiger charge is -2.27. The van der Waals surface area contributed by atoms with E-state index in [4.69, 9.17) is 10.3 Å². The predicted octanol–water partition coefficient (Wildman–Crippen LogP) is 3.83. The zero-order valence-electron chi connectivity index (χ0n) is 16.4. The van der Waals surface area contributed by atoms with Crippen molar-refractivity contribution >= 4 is 23.8 Å². The molecule has 31 heavy (non-hydrogen) atoms. The smallest absolute Gasteiger partial charge is 0.378 e. The Labute approximate surface area is 175 Å². The summed E-state index contributed by atoms with van der Waals surface area (Å²) in [7, 11) is 0. The summed E-state index contributed by atoms with van der Waals surface area (Å²) in [6.07, 6.45) is 0.506. The van der Waals surface area contributed by atoms with E-state index in [-0.39, 0.29) is 17.1 Å². The monoisotopic (exact) mass is 432 g/mol. The Kier molecular flexibility index (Phi) is 5.89. The molecule has 0 unspecified atom stereocenters. The number of alkyl halides is 3. The van der Waals surface area contributed by atoms with E-state index in [1.54, 1.807) is 12.3 Å². The maximum absolute atomic E-state index is 13.7. The molecule has 4 heterocycles. The number of anilines is 2. The number of aromatic nitrogens is 3. The van der Waals surface area contributed by atoms with Gasteiger partial charge in [0.25, 0.3) is 0 Å². The van der Waals surface area contributed by atoms with Gasteiger partial charge in [0, 0.05) is 55.8 Å². The van der Waals surface area contributed by atoms with E-state index in [0.717, 1.165) is 18.0 Å². The third kappa shape index (κ3) is 4.85. The lowest BCUT2D eigenvalue weighted by molar-refractivity contribution is -0.137. The topological polar surface area (TPSA) is 112 Å². The summed E-state index contributed by atoms with van der Waals surface area (Å²) in [6.45, 7) is 2.63. The minimum Gasteiger partial charge on any atom is -0.378 e. The summed E-state index contributed by atoms with van der Waals surface area (Å²) in [6, 6.07) is 2.20. The van der Waals surface area contributed by atoms with Gasteiger partial charge in [-0.15, -0.1) is 5.11 Å². The van der Waals surface area contributed by atoms with Gasteiger partial charge in [-0.2, -0.15) is 18.2 Å². The van der Waals surface area contributed by atoms with Gasteiger partial charge in [0.15, 0.2) is 5.82 Å². The number of hydrogen-bond donors (Lipinski definition) is 2. The Bertz CT molecular complexity index is 1030. The van der Waals surface area contributed by atoms with Crippen LogP contribution in [0.1, 0.15) is 12.0 Å².